The Morgan fingerprint density at radius 3 is 2.24 bits per heavy atom. The summed E-state index contributed by atoms with van der Waals surface area (Å²) in [7, 11) is 0. The van der Waals surface area contributed by atoms with Crippen molar-refractivity contribution in [2.24, 2.45) is 5.92 Å². The number of aliphatic hydroxyl groups excluding tert-OH is 1. The number of aliphatic hydroxyl groups is 1. The van der Waals surface area contributed by atoms with E-state index in [4.69, 9.17) is 14.7 Å². The molecular weight excluding hydrogens is 418 g/mol. The minimum atomic E-state index is -0.673. The number of rotatable bonds is 8. The molecule has 0 aliphatic heterocycles. The number of carbonyl (C=O) groups is 2. The van der Waals surface area contributed by atoms with E-state index in [-0.39, 0.29) is 11.8 Å². The lowest BCUT2D eigenvalue weighted by molar-refractivity contribution is -0.138. The highest BCUT2D eigenvalue weighted by atomic mass is 16.7. The van der Waals surface area contributed by atoms with Crippen molar-refractivity contribution in [1.82, 2.24) is 5.48 Å². The van der Waals surface area contributed by atoms with Crippen LogP contribution in [0.1, 0.15) is 41.2 Å². The fourth-order valence-electron chi connectivity index (χ4n) is 4.29. The van der Waals surface area contributed by atoms with Gasteiger partial charge in [0.25, 0.3) is 0 Å². The summed E-state index contributed by atoms with van der Waals surface area (Å²) in [4.78, 5) is 30.1. The van der Waals surface area contributed by atoms with Crippen LogP contribution in [0, 0.1) is 5.92 Å². The van der Waals surface area contributed by atoms with Gasteiger partial charge in [-0.2, -0.15) is 0 Å². The van der Waals surface area contributed by atoms with Crippen LogP contribution in [-0.2, 0) is 27.3 Å². The van der Waals surface area contributed by atoms with Crippen molar-refractivity contribution in [2.45, 2.75) is 31.8 Å². The highest BCUT2D eigenvalue weighted by molar-refractivity contribution is 5.75. The first-order valence-corrected chi connectivity index (χ1v) is 11.1. The van der Waals surface area contributed by atoms with E-state index in [1.807, 2.05) is 72.8 Å². The van der Waals surface area contributed by atoms with Crippen LogP contribution >= 0.6 is 0 Å². The maximum atomic E-state index is 12.7. The predicted molar refractivity (Wildman–Crippen MR) is 123 cm³/mol. The van der Waals surface area contributed by atoms with Crippen LogP contribution < -0.4 is 10.2 Å². The molecule has 3 aromatic rings. The molecule has 0 saturated carbocycles. The molecule has 1 aliphatic rings. The molecule has 1 atom stereocenters. The first-order valence-electron chi connectivity index (χ1n) is 11.1. The fraction of sp³-hybridized carbons (Fsp3) is 0.259. The minimum absolute atomic E-state index is 0.164. The Kier molecular flexibility index (Phi) is 7.50. The smallest absolute Gasteiger partial charge is 0.337 e. The zero-order valence-electron chi connectivity index (χ0n) is 18.3. The van der Waals surface area contributed by atoms with Gasteiger partial charge >= 0.3 is 5.97 Å². The van der Waals surface area contributed by atoms with E-state index in [9.17, 15) is 9.59 Å². The second-order valence-electron chi connectivity index (χ2n) is 8.18. The van der Waals surface area contributed by atoms with Crippen LogP contribution in [0.5, 0.6) is 5.75 Å². The number of hydroxylamine groups is 1. The van der Waals surface area contributed by atoms with Crippen LogP contribution in [0.2, 0.25) is 0 Å². The number of benzene rings is 3. The van der Waals surface area contributed by atoms with Gasteiger partial charge in [-0.05, 0) is 53.5 Å². The number of amides is 1. The molecule has 0 radical (unpaired) electrons. The van der Waals surface area contributed by atoms with Gasteiger partial charge in [0.15, 0.2) is 0 Å². The largest absolute Gasteiger partial charge is 0.425 e. The quantitative estimate of drug-likeness (QED) is 0.312. The monoisotopic (exact) mass is 445 g/mol. The molecule has 4 rings (SSSR count). The minimum Gasteiger partial charge on any atom is -0.425 e. The van der Waals surface area contributed by atoms with Gasteiger partial charge in [-0.3, -0.25) is 9.63 Å². The Balaban J connectivity index is 1.37. The normalized spacial score (nSPS) is 15.0. The van der Waals surface area contributed by atoms with Crippen molar-refractivity contribution in [3.8, 4) is 5.75 Å². The highest BCUT2D eigenvalue weighted by Crippen LogP contribution is 2.33. The summed E-state index contributed by atoms with van der Waals surface area (Å²) in [6.07, 6.45) is 2.17. The van der Waals surface area contributed by atoms with Crippen LogP contribution in [0.15, 0.2) is 78.9 Å². The third-order valence-corrected chi connectivity index (χ3v) is 5.86. The van der Waals surface area contributed by atoms with Crippen molar-refractivity contribution in [2.75, 3.05) is 6.61 Å². The van der Waals surface area contributed by atoms with Crippen LogP contribution in [0.3, 0.4) is 0 Å². The Hall–Kier alpha value is -3.48. The fourth-order valence-corrected chi connectivity index (χ4v) is 4.29. The molecule has 0 spiro atoms. The number of nitrogens with one attached hydrogen (secondary N) is 1. The van der Waals surface area contributed by atoms with Gasteiger partial charge in [-0.25, -0.2) is 10.3 Å². The third-order valence-electron chi connectivity index (χ3n) is 5.86. The van der Waals surface area contributed by atoms with Gasteiger partial charge in [0, 0.05) is 6.42 Å². The average molecular weight is 446 g/mol. The van der Waals surface area contributed by atoms with Gasteiger partial charge in [-0.1, -0.05) is 72.8 Å². The van der Waals surface area contributed by atoms with E-state index in [1.165, 1.54) is 0 Å². The first kappa shape index (κ1) is 22.7. The standard InChI is InChI=1S/C27H27NO5/c29-18-26(31)32-24-13-7-12-22-16-19(14-15-23(22)24)17-25(30)28-33-27(20-8-3-1-4-9-20)21-10-5-2-6-11-21/h1-13,19,27,29H,14-18H2,(H,28,30). The molecule has 1 amide bonds. The Bertz CT molecular complexity index is 1040. The topological polar surface area (TPSA) is 84.9 Å². The lowest BCUT2D eigenvalue weighted by Crippen LogP contribution is -2.30. The summed E-state index contributed by atoms with van der Waals surface area (Å²) in [5.41, 5.74) is 6.61. The SMILES string of the molecule is O=C(CC1CCc2c(cccc2OC(=O)CO)C1)NOC(c1ccccc1)c1ccccc1. The Labute approximate surface area is 193 Å². The molecule has 0 aromatic heterocycles. The molecule has 3 aromatic carbocycles. The van der Waals surface area contributed by atoms with Gasteiger partial charge in [0.2, 0.25) is 5.91 Å². The summed E-state index contributed by atoms with van der Waals surface area (Å²) in [6, 6.07) is 25.1. The van der Waals surface area contributed by atoms with Crippen molar-refractivity contribution < 1.29 is 24.3 Å². The van der Waals surface area contributed by atoms with E-state index in [1.54, 1.807) is 6.07 Å². The highest BCUT2D eigenvalue weighted by Gasteiger charge is 2.25. The number of hydrogen-bond acceptors (Lipinski definition) is 5. The molecule has 1 aliphatic carbocycles. The van der Waals surface area contributed by atoms with Crippen molar-refractivity contribution in [3.63, 3.8) is 0 Å². The molecule has 0 bridgehead atoms. The van der Waals surface area contributed by atoms with E-state index in [0.717, 1.165) is 28.7 Å². The zero-order valence-corrected chi connectivity index (χ0v) is 18.3. The third kappa shape index (κ3) is 5.86. The molecule has 6 nitrogen and oxygen atoms in total. The maximum Gasteiger partial charge on any atom is 0.337 e. The van der Waals surface area contributed by atoms with Crippen LogP contribution in [0.4, 0.5) is 0 Å². The average Bonchev–Trinajstić information content (AvgIpc) is 2.85. The molecule has 6 heteroatoms. The summed E-state index contributed by atoms with van der Waals surface area (Å²) in [5, 5.41) is 8.95. The van der Waals surface area contributed by atoms with E-state index < -0.39 is 18.7 Å². The number of hydrogen-bond donors (Lipinski definition) is 2. The van der Waals surface area contributed by atoms with Gasteiger partial charge < -0.3 is 9.84 Å². The van der Waals surface area contributed by atoms with E-state index in [2.05, 4.69) is 5.48 Å². The Morgan fingerprint density at radius 1 is 0.939 bits per heavy atom. The number of esters is 1. The van der Waals surface area contributed by atoms with E-state index >= 15 is 0 Å². The second-order valence-corrected chi connectivity index (χ2v) is 8.18. The van der Waals surface area contributed by atoms with Gasteiger partial charge in [0.05, 0.1) is 0 Å². The summed E-state index contributed by atoms with van der Waals surface area (Å²) < 4.78 is 5.24. The molecule has 0 fully saturated rings. The molecule has 0 heterocycles. The summed E-state index contributed by atoms with van der Waals surface area (Å²) >= 11 is 0. The van der Waals surface area contributed by atoms with Crippen molar-refractivity contribution in [3.05, 3.63) is 101 Å². The zero-order chi connectivity index (χ0) is 23.0. The van der Waals surface area contributed by atoms with Crippen molar-refractivity contribution >= 4 is 11.9 Å². The second kappa shape index (κ2) is 10.9. The number of carbonyl (C=O) groups excluding carboxylic acids is 2. The van der Waals surface area contributed by atoms with Crippen molar-refractivity contribution in [1.29, 1.82) is 0 Å². The van der Waals surface area contributed by atoms with Crippen LogP contribution in [-0.4, -0.2) is 23.6 Å². The molecule has 33 heavy (non-hydrogen) atoms. The van der Waals surface area contributed by atoms with Gasteiger partial charge in [0.1, 0.15) is 18.5 Å². The van der Waals surface area contributed by atoms with Gasteiger partial charge in [-0.15, -0.1) is 0 Å². The molecule has 170 valence electrons. The lowest BCUT2D eigenvalue weighted by atomic mass is 9.82. The summed E-state index contributed by atoms with van der Waals surface area (Å²) in [5.74, 6) is -0.181. The molecular formula is C27H27NO5. The lowest BCUT2D eigenvalue weighted by Gasteiger charge is -2.26. The van der Waals surface area contributed by atoms with Crippen LogP contribution in [0.25, 0.3) is 0 Å². The Morgan fingerprint density at radius 2 is 1.61 bits per heavy atom. The maximum absolute atomic E-state index is 12.7. The molecule has 1 unspecified atom stereocenters. The summed E-state index contributed by atoms with van der Waals surface area (Å²) in [6.45, 7) is -0.653. The molecule has 0 saturated heterocycles. The predicted octanol–water partition coefficient (Wildman–Crippen LogP) is 3.92. The van der Waals surface area contributed by atoms with E-state index in [0.29, 0.717) is 25.0 Å². The first-order chi connectivity index (χ1) is 16.1. The molecule has 2 N–H and O–H groups in total. The number of fused-ring (bicyclic) bond motifs is 1. The number of ether oxygens (including phenoxy) is 1.